The van der Waals surface area contributed by atoms with Gasteiger partial charge in [0.2, 0.25) is 5.88 Å². The number of benzene rings is 1. The summed E-state index contributed by atoms with van der Waals surface area (Å²) in [5.41, 5.74) is -0.245. The molecule has 26 heavy (non-hydrogen) atoms. The van der Waals surface area contributed by atoms with Crippen molar-refractivity contribution in [2.75, 3.05) is 6.61 Å². The molecule has 0 saturated heterocycles. The van der Waals surface area contributed by atoms with Crippen LogP contribution in [0.5, 0.6) is 11.6 Å². The smallest absolute Gasteiger partial charge is 0.271 e. The topological polar surface area (TPSA) is 92.3 Å². The lowest BCUT2D eigenvalue weighted by Crippen LogP contribution is -2.28. The van der Waals surface area contributed by atoms with Gasteiger partial charge in [-0.3, -0.25) is 14.2 Å². The first-order valence-corrected chi connectivity index (χ1v) is 8.49. The van der Waals surface area contributed by atoms with E-state index in [-0.39, 0.29) is 16.7 Å². The number of ether oxygens (including phenoxy) is 1. The summed E-state index contributed by atoms with van der Waals surface area (Å²) >= 11 is 0. The van der Waals surface area contributed by atoms with E-state index in [1.165, 1.54) is 6.92 Å². The lowest BCUT2D eigenvalue weighted by Gasteiger charge is -2.18. The second-order valence-corrected chi connectivity index (χ2v) is 6.28. The Balaban J connectivity index is 2.57. The number of aromatic hydroxyl groups is 1. The summed E-state index contributed by atoms with van der Waals surface area (Å²) in [5, 5.41) is 19.9. The van der Waals surface area contributed by atoms with Crippen molar-refractivity contribution in [3.63, 3.8) is 0 Å². The number of nitriles is 1. The molecule has 0 saturated carbocycles. The van der Waals surface area contributed by atoms with Crippen molar-refractivity contribution in [1.29, 1.82) is 5.26 Å². The van der Waals surface area contributed by atoms with Gasteiger partial charge < -0.3 is 9.84 Å². The highest BCUT2D eigenvalue weighted by atomic mass is 16.5. The molecule has 1 aromatic carbocycles. The number of hydrogen-bond donors (Lipinski definition) is 1. The SMILES string of the molecule is CCCOc1ccc(C(=O)c2c(C)c(C#N)c(=O)n(C(C)C)c2O)cc1. The number of carbonyl (C=O) groups is 1. The summed E-state index contributed by atoms with van der Waals surface area (Å²) in [6.45, 7) is 7.48. The highest BCUT2D eigenvalue weighted by molar-refractivity contribution is 6.11. The largest absolute Gasteiger partial charge is 0.494 e. The van der Waals surface area contributed by atoms with Crippen LogP contribution in [0, 0.1) is 18.3 Å². The molecule has 136 valence electrons. The van der Waals surface area contributed by atoms with Gasteiger partial charge >= 0.3 is 0 Å². The van der Waals surface area contributed by atoms with Crippen molar-refractivity contribution in [1.82, 2.24) is 4.57 Å². The van der Waals surface area contributed by atoms with Gasteiger partial charge in [-0.05, 0) is 57.0 Å². The third kappa shape index (κ3) is 3.47. The van der Waals surface area contributed by atoms with Crippen LogP contribution in [-0.4, -0.2) is 22.1 Å². The van der Waals surface area contributed by atoms with Gasteiger partial charge in [0, 0.05) is 11.6 Å². The summed E-state index contributed by atoms with van der Waals surface area (Å²) in [6.07, 6.45) is 0.876. The molecule has 0 radical (unpaired) electrons. The fourth-order valence-electron chi connectivity index (χ4n) is 2.74. The third-order valence-electron chi connectivity index (χ3n) is 4.08. The molecule has 0 aliphatic rings. The van der Waals surface area contributed by atoms with Crippen LogP contribution in [-0.2, 0) is 0 Å². The summed E-state index contributed by atoms with van der Waals surface area (Å²) in [7, 11) is 0. The molecule has 0 unspecified atom stereocenters. The summed E-state index contributed by atoms with van der Waals surface area (Å²) < 4.78 is 6.56. The summed E-state index contributed by atoms with van der Waals surface area (Å²) in [5.74, 6) is -0.222. The molecule has 0 amide bonds. The standard InChI is InChI=1S/C20H22N2O4/c1-5-10-26-15-8-6-14(7-9-15)18(23)17-13(4)16(11-21)19(24)22(12(2)3)20(17)25/h6-9,12,25H,5,10H2,1-4H3. The number of aromatic nitrogens is 1. The monoisotopic (exact) mass is 354 g/mol. The van der Waals surface area contributed by atoms with Crippen LogP contribution < -0.4 is 10.3 Å². The average Bonchev–Trinajstić information content (AvgIpc) is 2.60. The zero-order chi connectivity index (χ0) is 19.4. The van der Waals surface area contributed by atoms with E-state index in [4.69, 9.17) is 4.74 Å². The van der Waals surface area contributed by atoms with E-state index in [2.05, 4.69) is 0 Å². The molecule has 2 rings (SSSR count). The van der Waals surface area contributed by atoms with Gasteiger partial charge in [-0.1, -0.05) is 6.92 Å². The Labute approximate surface area is 152 Å². The van der Waals surface area contributed by atoms with Crippen LogP contribution in [0.15, 0.2) is 29.1 Å². The molecule has 0 fully saturated rings. The van der Waals surface area contributed by atoms with Crippen LogP contribution in [0.4, 0.5) is 0 Å². The number of hydrogen-bond acceptors (Lipinski definition) is 5. The number of rotatable bonds is 6. The Morgan fingerprint density at radius 2 is 1.92 bits per heavy atom. The fourth-order valence-corrected chi connectivity index (χ4v) is 2.74. The highest BCUT2D eigenvalue weighted by Gasteiger charge is 2.25. The first-order valence-electron chi connectivity index (χ1n) is 8.49. The number of pyridine rings is 1. The van der Waals surface area contributed by atoms with E-state index in [0.717, 1.165) is 11.0 Å². The fraction of sp³-hybridized carbons (Fsp3) is 0.350. The van der Waals surface area contributed by atoms with Gasteiger partial charge in [0.25, 0.3) is 5.56 Å². The number of nitrogens with zero attached hydrogens (tertiary/aromatic N) is 2. The first-order chi connectivity index (χ1) is 12.3. The Hall–Kier alpha value is -3.07. The Morgan fingerprint density at radius 3 is 2.42 bits per heavy atom. The molecule has 0 spiro atoms. The normalized spacial score (nSPS) is 10.6. The Bertz CT molecular complexity index is 919. The molecule has 1 aromatic heterocycles. The zero-order valence-electron chi connectivity index (χ0n) is 15.4. The summed E-state index contributed by atoms with van der Waals surface area (Å²) in [4.78, 5) is 25.3. The van der Waals surface area contributed by atoms with Gasteiger partial charge in [-0.2, -0.15) is 5.26 Å². The van der Waals surface area contributed by atoms with Gasteiger partial charge in [-0.15, -0.1) is 0 Å². The van der Waals surface area contributed by atoms with Gasteiger partial charge in [0.05, 0.1) is 12.2 Å². The van der Waals surface area contributed by atoms with Crippen LogP contribution in [0.3, 0.4) is 0 Å². The number of ketones is 1. The second kappa shape index (κ2) is 7.87. The van der Waals surface area contributed by atoms with Crippen LogP contribution in [0.25, 0.3) is 0 Å². The van der Waals surface area contributed by atoms with Crippen LogP contribution in [0.1, 0.15) is 60.3 Å². The third-order valence-corrected chi connectivity index (χ3v) is 4.08. The van der Waals surface area contributed by atoms with E-state index >= 15 is 0 Å². The van der Waals surface area contributed by atoms with Crippen molar-refractivity contribution < 1.29 is 14.6 Å². The molecular formula is C20H22N2O4. The molecule has 0 bridgehead atoms. The molecule has 6 heteroatoms. The van der Waals surface area contributed by atoms with E-state index in [0.29, 0.717) is 17.9 Å². The maximum Gasteiger partial charge on any atom is 0.271 e. The molecule has 0 aliphatic heterocycles. The molecule has 0 atom stereocenters. The molecule has 6 nitrogen and oxygen atoms in total. The van der Waals surface area contributed by atoms with Crippen LogP contribution in [0.2, 0.25) is 0 Å². The number of carbonyl (C=O) groups excluding carboxylic acids is 1. The van der Waals surface area contributed by atoms with E-state index in [1.807, 2.05) is 13.0 Å². The van der Waals surface area contributed by atoms with Crippen molar-refractivity contribution >= 4 is 5.78 Å². The Morgan fingerprint density at radius 1 is 1.31 bits per heavy atom. The quantitative estimate of drug-likeness (QED) is 0.803. The van der Waals surface area contributed by atoms with Crippen LogP contribution >= 0.6 is 0 Å². The zero-order valence-corrected chi connectivity index (χ0v) is 15.4. The first kappa shape index (κ1) is 19.3. The van der Waals surface area contributed by atoms with E-state index in [9.17, 15) is 20.0 Å². The lowest BCUT2D eigenvalue weighted by atomic mass is 9.97. The Kier molecular flexibility index (Phi) is 5.83. The molecule has 1 heterocycles. The van der Waals surface area contributed by atoms with Crippen molar-refractivity contribution in [2.45, 2.75) is 40.2 Å². The van der Waals surface area contributed by atoms with Crippen molar-refractivity contribution in [3.8, 4) is 17.7 Å². The maximum absolute atomic E-state index is 12.9. The minimum atomic E-state index is -0.600. The second-order valence-electron chi connectivity index (χ2n) is 6.28. The van der Waals surface area contributed by atoms with E-state index in [1.54, 1.807) is 38.1 Å². The van der Waals surface area contributed by atoms with E-state index < -0.39 is 23.3 Å². The minimum absolute atomic E-state index is 0.0305. The molecule has 1 N–H and O–H groups in total. The molecule has 2 aromatic rings. The molecule has 0 aliphatic carbocycles. The molecular weight excluding hydrogens is 332 g/mol. The predicted octanol–water partition coefficient (Wildman–Crippen LogP) is 3.33. The summed E-state index contributed by atoms with van der Waals surface area (Å²) in [6, 6.07) is 8.01. The minimum Gasteiger partial charge on any atom is -0.494 e. The lowest BCUT2D eigenvalue weighted by molar-refractivity contribution is 0.103. The van der Waals surface area contributed by atoms with Gasteiger partial charge in [-0.25, -0.2) is 0 Å². The maximum atomic E-state index is 12.9. The van der Waals surface area contributed by atoms with Gasteiger partial charge in [0.15, 0.2) is 5.78 Å². The predicted molar refractivity (Wildman–Crippen MR) is 97.9 cm³/mol. The van der Waals surface area contributed by atoms with Crippen molar-refractivity contribution in [2.24, 2.45) is 0 Å². The van der Waals surface area contributed by atoms with Crippen molar-refractivity contribution in [3.05, 3.63) is 56.9 Å². The van der Waals surface area contributed by atoms with Gasteiger partial charge in [0.1, 0.15) is 17.4 Å². The highest BCUT2D eigenvalue weighted by Crippen LogP contribution is 2.27. The average molecular weight is 354 g/mol.